The number of fused-ring (bicyclic) bond motifs is 1. The molecule has 0 spiro atoms. The van der Waals surface area contributed by atoms with Crippen LogP contribution in [0.15, 0.2) is 6.07 Å². The molecular formula is C12H12F2N2O2S. The average molecular weight is 286 g/mol. The first-order valence-corrected chi connectivity index (χ1v) is 6.27. The second kappa shape index (κ2) is 4.73. The summed E-state index contributed by atoms with van der Waals surface area (Å²) in [6.45, 7) is 1.68. The van der Waals surface area contributed by atoms with Crippen molar-refractivity contribution in [1.29, 1.82) is 0 Å². The normalized spacial score (nSPS) is 11.3. The molecule has 0 saturated carbocycles. The van der Waals surface area contributed by atoms with Crippen LogP contribution in [-0.2, 0) is 0 Å². The van der Waals surface area contributed by atoms with Crippen LogP contribution in [-0.4, -0.2) is 30.2 Å². The number of hydrogen-bond acceptors (Lipinski definition) is 4. The van der Waals surface area contributed by atoms with Gasteiger partial charge in [0, 0.05) is 19.5 Å². The quantitative estimate of drug-likeness (QED) is 0.940. The monoisotopic (exact) mass is 286 g/mol. The summed E-state index contributed by atoms with van der Waals surface area (Å²) in [7, 11) is 3.43. The number of aromatic nitrogens is 1. The Labute approximate surface area is 112 Å². The summed E-state index contributed by atoms with van der Waals surface area (Å²) >= 11 is 0.920. The molecule has 0 atom stereocenters. The first-order valence-electron chi connectivity index (χ1n) is 5.45. The van der Waals surface area contributed by atoms with Crippen molar-refractivity contribution in [3.63, 3.8) is 0 Å². The molecule has 19 heavy (non-hydrogen) atoms. The molecule has 0 aromatic carbocycles. The fraction of sp³-hybridized carbons (Fsp3) is 0.333. The lowest BCUT2D eigenvalue weighted by Crippen LogP contribution is -2.12. The van der Waals surface area contributed by atoms with E-state index in [4.69, 9.17) is 0 Å². The number of nitrogens with zero attached hydrogens (tertiary/aromatic N) is 2. The standard InChI is InChI=1S/C12H12F2N2O2S/c1-5-4-6(10(13)14)15-11-7(5)8(16(2)3)9(19-11)12(17)18/h4,10H,1-3H3,(H,17,18). The van der Waals surface area contributed by atoms with E-state index >= 15 is 0 Å². The van der Waals surface area contributed by atoms with Gasteiger partial charge in [-0.1, -0.05) is 0 Å². The van der Waals surface area contributed by atoms with Crippen LogP contribution in [0.1, 0.15) is 27.4 Å². The van der Waals surface area contributed by atoms with Gasteiger partial charge in [0.25, 0.3) is 6.43 Å². The molecule has 2 heterocycles. The number of carboxylic acid groups (broad SMARTS) is 1. The zero-order valence-electron chi connectivity index (χ0n) is 10.6. The van der Waals surface area contributed by atoms with E-state index in [0.717, 1.165) is 11.3 Å². The Morgan fingerprint density at radius 2 is 2.11 bits per heavy atom. The highest BCUT2D eigenvalue weighted by molar-refractivity contribution is 7.21. The predicted molar refractivity (Wildman–Crippen MR) is 70.6 cm³/mol. The number of pyridine rings is 1. The summed E-state index contributed by atoms with van der Waals surface area (Å²) in [5.74, 6) is -1.08. The molecule has 2 rings (SSSR count). The van der Waals surface area contributed by atoms with Crippen molar-refractivity contribution in [2.24, 2.45) is 0 Å². The van der Waals surface area contributed by atoms with Gasteiger partial charge in [-0.3, -0.25) is 0 Å². The van der Waals surface area contributed by atoms with Gasteiger partial charge in [0.2, 0.25) is 0 Å². The zero-order valence-corrected chi connectivity index (χ0v) is 11.4. The molecule has 0 saturated heterocycles. The van der Waals surface area contributed by atoms with Crippen molar-refractivity contribution in [2.45, 2.75) is 13.3 Å². The Kier molecular flexibility index (Phi) is 3.40. The third kappa shape index (κ3) is 2.25. The molecule has 0 aliphatic rings. The average Bonchev–Trinajstić information content (AvgIpc) is 2.68. The minimum Gasteiger partial charge on any atom is -0.477 e. The van der Waals surface area contributed by atoms with Crippen molar-refractivity contribution in [2.75, 3.05) is 19.0 Å². The maximum atomic E-state index is 12.7. The van der Waals surface area contributed by atoms with Crippen LogP contribution in [0.2, 0.25) is 0 Å². The lowest BCUT2D eigenvalue weighted by atomic mass is 10.1. The number of hydrogen-bond donors (Lipinski definition) is 1. The van der Waals surface area contributed by atoms with Crippen LogP contribution >= 0.6 is 11.3 Å². The topological polar surface area (TPSA) is 53.4 Å². The van der Waals surface area contributed by atoms with Crippen LogP contribution < -0.4 is 4.90 Å². The second-order valence-corrected chi connectivity index (χ2v) is 5.32. The molecule has 0 radical (unpaired) electrons. The Hall–Kier alpha value is -1.76. The number of rotatable bonds is 3. The summed E-state index contributed by atoms with van der Waals surface area (Å²) in [4.78, 5) is 17.2. The van der Waals surface area contributed by atoms with Crippen molar-refractivity contribution in [3.05, 3.63) is 22.2 Å². The van der Waals surface area contributed by atoms with E-state index in [1.807, 2.05) is 0 Å². The molecule has 4 nitrogen and oxygen atoms in total. The van der Waals surface area contributed by atoms with Crippen LogP contribution in [0.4, 0.5) is 14.5 Å². The molecule has 1 N–H and O–H groups in total. The first-order chi connectivity index (χ1) is 8.82. The summed E-state index contributed by atoms with van der Waals surface area (Å²) in [5.41, 5.74) is 0.791. The lowest BCUT2D eigenvalue weighted by Gasteiger charge is -2.13. The van der Waals surface area contributed by atoms with Gasteiger partial charge in [-0.15, -0.1) is 11.3 Å². The summed E-state index contributed by atoms with van der Waals surface area (Å²) in [5, 5.41) is 9.81. The molecule has 0 bridgehead atoms. The van der Waals surface area contributed by atoms with Crippen LogP contribution in [0.3, 0.4) is 0 Å². The predicted octanol–water partition coefficient (Wildman–Crippen LogP) is 3.31. The maximum absolute atomic E-state index is 12.7. The molecule has 2 aromatic heterocycles. The molecule has 102 valence electrons. The number of carbonyl (C=O) groups is 1. The van der Waals surface area contributed by atoms with Gasteiger partial charge in [-0.2, -0.15) is 0 Å². The third-order valence-electron chi connectivity index (χ3n) is 2.72. The van der Waals surface area contributed by atoms with Crippen molar-refractivity contribution < 1.29 is 18.7 Å². The van der Waals surface area contributed by atoms with Gasteiger partial charge in [0.05, 0.1) is 5.69 Å². The molecule has 0 aliphatic heterocycles. The summed E-state index contributed by atoms with van der Waals surface area (Å²) < 4.78 is 25.4. The highest BCUT2D eigenvalue weighted by Crippen LogP contribution is 2.39. The first kappa shape index (κ1) is 13.7. The Morgan fingerprint density at radius 3 is 2.58 bits per heavy atom. The van der Waals surface area contributed by atoms with Crippen molar-refractivity contribution >= 4 is 33.2 Å². The van der Waals surface area contributed by atoms with E-state index in [2.05, 4.69) is 4.98 Å². The van der Waals surface area contributed by atoms with E-state index in [9.17, 15) is 18.7 Å². The smallest absolute Gasteiger partial charge is 0.348 e. The molecular weight excluding hydrogens is 274 g/mol. The minimum atomic E-state index is -2.67. The maximum Gasteiger partial charge on any atom is 0.348 e. The summed E-state index contributed by atoms with van der Waals surface area (Å²) in [6.07, 6.45) is -2.67. The second-order valence-electron chi connectivity index (χ2n) is 4.32. The van der Waals surface area contributed by atoms with Crippen LogP contribution in [0.5, 0.6) is 0 Å². The Bertz CT molecular complexity index is 653. The molecule has 0 amide bonds. The SMILES string of the molecule is Cc1cc(C(F)F)nc2sc(C(=O)O)c(N(C)C)c12. The van der Waals surface area contributed by atoms with Crippen LogP contribution in [0, 0.1) is 6.92 Å². The Morgan fingerprint density at radius 1 is 1.47 bits per heavy atom. The Balaban J connectivity index is 2.83. The molecule has 0 unspecified atom stereocenters. The fourth-order valence-electron chi connectivity index (χ4n) is 1.97. The molecule has 7 heteroatoms. The highest BCUT2D eigenvalue weighted by Gasteiger charge is 2.23. The van der Waals surface area contributed by atoms with Gasteiger partial charge in [0.15, 0.2) is 0 Å². The number of aryl methyl sites for hydroxylation is 1. The number of aromatic carboxylic acids is 1. The zero-order chi connectivity index (χ0) is 14.3. The van der Waals surface area contributed by atoms with Gasteiger partial charge in [-0.05, 0) is 18.6 Å². The molecule has 0 aliphatic carbocycles. The number of halogens is 2. The van der Waals surface area contributed by atoms with Gasteiger partial charge in [0.1, 0.15) is 15.4 Å². The van der Waals surface area contributed by atoms with E-state index in [1.165, 1.54) is 6.07 Å². The molecule has 0 fully saturated rings. The lowest BCUT2D eigenvalue weighted by molar-refractivity contribution is 0.0703. The van der Waals surface area contributed by atoms with Gasteiger partial charge >= 0.3 is 5.97 Å². The van der Waals surface area contributed by atoms with Crippen LogP contribution in [0.25, 0.3) is 10.2 Å². The molecule has 2 aromatic rings. The van der Waals surface area contributed by atoms with E-state index in [-0.39, 0.29) is 10.6 Å². The van der Waals surface area contributed by atoms with Crippen molar-refractivity contribution in [3.8, 4) is 0 Å². The van der Waals surface area contributed by atoms with E-state index in [1.54, 1.807) is 25.9 Å². The number of thiophene rings is 1. The van der Waals surface area contributed by atoms with Gasteiger partial charge < -0.3 is 10.0 Å². The third-order valence-corrected chi connectivity index (χ3v) is 3.78. The van der Waals surface area contributed by atoms with E-state index < -0.39 is 12.4 Å². The van der Waals surface area contributed by atoms with E-state index in [0.29, 0.717) is 21.5 Å². The number of anilines is 1. The minimum absolute atomic E-state index is 0.113. The fourth-order valence-corrected chi connectivity index (χ4v) is 3.14. The number of carboxylic acids is 1. The number of alkyl halides is 2. The highest BCUT2D eigenvalue weighted by atomic mass is 32.1. The van der Waals surface area contributed by atoms with Gasteiger partial charge in [-0.25, -0.2) is 18.6 Å². The largest absolute Gasteiger partial charge is 0.477 e. The summed E-state index contributed by atoms with van der Waals surface area (Å²) in [6, 6.07) is 1.30. The van der Waals surface area contributed by atoms with Crippen molar-refractivity contribution in [1.82, 2.24) is 4.98 Å².